The van der Waals surface area contributed by atoms with Crippen molar-refractivity contribution in [1.29, 1.82) is 0 Å². The summed E-state index contributed by atoms with van der Waals surface area (Å²) in [6.45, 7) is 5.69. The largest absolute Gasteiger partial charge is 0.384 e. The molecule has 0 unspecified atom stereocenters. The average Bonchev–Trinajstić information content (AvgIpc) is 2.41. The van der Waals surface area contributed by atoms with E-state index >= 15 is 0 Å². The number of nitrogens with two attached hydrogens (primary N) is 1. The second-order valence-corrected chi connectivity index (χ2v) is 4.97. The summed E-state index contributed by atoms with van der Waals surface area (Å²) in [5.41, 5.74) is 5.88. The molecule has 0 spiro atoms. The molecule has 0 fully saturated rings. The second-order valence-electron chi connectivity index (χ2n) is 4.57. The first kappa shape index (κ1) is 15.8. The van der Waals surface area contributed by atoms with Gasteiger partial charge in [0.2, 0.25) is 0 Å². The van der Waals surface area contributed by atoms with Gasteiger partial charge in [0, 0.05) is 13.1 Å². The van der Waals surface area contributed by atoms with E-state index in [2.05, 4.69) is 18.8 Å². The fourth-order valence-electron chi connectivity index (χ4n) is 1.77. The van der Waals surface area contributed by atoms with E-state index in [9.17, 15) is 4.79 Å². The van der Waals surface area contributed by atoms with Crippen LogP contribution in [0.15, 0.2) is 12.1 Å². The van der Waals surface area contributed by atoms with Crippen LogP contribution in [0, 0.1) is 0 Å². The van der Waals surface area contributed by atoms with Crippen LogP contribution in [0.2, 0.25) is 5.02 Å². The van der Waals surface area contributed by atoms with Gasteiger partial charge in [-0.05, 0) is 25.0 Å². The normalized spacial score (nSPS) is 10.5. The van der Waals surface area contributed by atoms with Crippen molar-refractivity contribution in [2.45, 2.75) is 39.5 Å². The number of pyridine rings is 1. The molecule has 1 amide bonds. The van der Waals surface area contributed by atoms with Crippen molar-refractivity contribution in [2.75, 3.05) is 18.8 Å². The molecular weight excluding hydrogens is 262 g/mol. The maximum Gasteiger partial charge on any atom is 0.274 e. The van der Waals surface area contributed by atoms with Gasteiger partial charge >= 0.3 is 0 Å². The lowest BCUT2D eigenvalue weighted by molar-refractivity contribution is 0.0745. The summed E-state index contributed by atoms with van der Waals surface area (Å²) in [7, 11) is 0. The van der Waals surface area contributed by atoms with Gasteiger partial charge in [0.05, 0.1) is 5.02 Å². The Hall–Kier alpha value is -1.29. The lowest BCUT2D eigenvalue weighted by Gasteiger charge is -2.22. The third-order valence-corrected chi connectivity index (χ3v) is 3.23. The zero-order chi connectivity index (χ0) is 14.3. The number of carbonyl (C=O) groups is 1. The van der Waals surface area contributed by atoms with Crippen molar-refractivity contribution < 1.29 is 4.79 Å². The molecule has 1 aromatic rings. The number of nitrogens with zero attached hydrogens (tertiary/aromatic N) is 2. The molecule has 1 heterocycles. The number of hydrogen-bond acceptors (Lipinski definition) is 3. The highest BCUT2D eigenvalue weighted by Gasteiger charge is 2.19. The molecule has 106 valence electrons. The van der Waals surface area contributed by atoms with Gasteiger partial charge in [0.1, 0.15) is 11.5 Å². The van der Waals surface area contributed by atoms with Crippen LogP contribution < -0.4 is 5.73 Å². The molecule has 0 radical (unpaired) electrons. The van der Waals surface area contributed by atoms with Gasteiger partial charge in [-0.1, -0.05) is 38.3 Å². The van der Waals surface area contributed by atoms with Crippen LogP contribution >= 0.6 is 11.6 Å². The van der Waals surface area contributed by atoms with Crippen LogP contribution in [0.25, 0.3) is 0 Å². The van der Waals surface area contributed by atoms with E-state index in [0.29, 0.717) is 10.8 Å². The summed E-state index contributed by atoms with van der Waals surface area (Å²) < 4.78 is 0. The van der Waals surface area contributed by atoms with E-state index in [0.717, 1.165) is 38.8 Å². The van der Waals surface area contributed by atoms with Crippen LogP contribution in [0.4, 0.5) is 5.82 Å². The lowest BCUT2D eigenvalue weighted by Crippen LogP contribution is -2.33. The molecule has 0 bridgehead atoms. The highest BCUT2D eigenvalue weighted by molar-refractivity contribution is 6.33. The van der Waals surface area contributed by atoms with Crippen molar-refractivity contribution in [2.24, 2.45) is 0 Å². The van der Waals surface area contributed by atoms with E-state index in [1.807, 2.05) is 4.90 Å². The standard InChI is InChI=1S/C14H22ClN3O/c1-3-5-9-18(10-6-4-2)14(19)13-11(15)7-8-12(16)17-13/h7-8H,3-6,9-10H2,1-2H3,(H2,16,17). The van der Waals surface area contributed by atoms with Crippen molar-refractivity contribution in [3.8, 4) is 0 Å². The van der Waals surface area contributed by atoms with E-state index in [1.165, 1.54) is 0 Å². The first-order valence-electron chi connectivity index (χ1n) is 6.81. The van der Waals surface area contributed by atoms with Crippen LogP contribution in [-0.2, 0) is 0 Å². The molecule has 0 aliphatic rings. The first-order valence-corrected chi connectivity index (χ1v) is 7.19. The van der Waals surface area contributed by atoms with Gasteiger partial charge in [-0.15, -0.1) is 0 Å². The molecule has 5 heteroatoms. The van der Waals surface area contributed by atoms with Crippen LogP contribution in [0.3, 0.4) is 0 Å². The Morgan fingerprint density at radius 2 is 1.84 bits per heavy atom. The number of nitrogen functional groups attached to an aromatic ring is 1. The molecule has 1 rings (SSSR count). The van der Waals surface area contributed by atoms with Crippen molar-refractivity contribution in [3.63, 3.8) is 0 Å². The molecular formula is C14H22ClN3O. The van der Waals surface area contributed by atoms with Crippen molar-refractivity contribution >= 4 is 23.3 Å². The van der Waals surface area contributed by atoms with E-state index in [-0.39, 0.29) is 11.6 Å². The Balaban J connectivity index is 2.87. The molecule has 19 heavy (non-hydrogen) atoms. The van der Waals surface area contributed by atoms with Gasteiger partial charge in [0.25, 0.3) is 5.91 Å². The minimum absolute atomic E-state index is 0.126. The third kappa shape index (κ3) is 4.71. The number of aromatic nitrogens is 1. The zero-order valence-corrected chi connectivity index (χ0v) is 12.4. The highest BCUT2D eigenvalue weighted by atomic mass is 35.5. The number of amides is 1. The number of carbonyl (C=O) groups excluding carboxylic acids is 1. The minimum Gasteiger partial charge on any atom is -0.384 e. The summed E-state index contributed by atoms with van der Waals surface area (Å²) in [6, 6.07) is 3.22. The van der Waals surface area contributed by atoms with E-state index < -0.39 is 0 Å². The predicted octanol–water partition coefficient (Wildman–Crippen LogP) is 3.36. The van der Waals surface area contributed by atoms with Gasteiger partial charge in [0.15, 0.2) is 0 Å². The van der Waals surface area contributed by atoms with Gasteiger partial charge < -0.3 is 10.6 Å². The predicted molar refractivity (Wildman–Crippen MR) is 79.4 cm³/mol. The summed E-state index contributed by atoms with van der Waals surface area (Å²) in [6.07, 6.45) is 4.06. The van der Waals surface area contributed by atoms with Crippen molar-refractivity contribution in [3.05, 3.63) is 22.8 Å². The molecule has 2 N–H and O–H groups in total. The molecule has 0 aromatic carbocycles. The van der Waals surface area contributed by atoms with Gasteiger partial charge in [-0.3, -0.25) is 4.79 Å². The van der Waals surface area contributed by atoms with Gasteiger partial charge in [-0.25, -0.2) is 4.98 Å². The lowest BCUT2D eigenvalue weighted by atomic mass is 10.2. The molecule has 0 aliphatic carbocycles. The molecule has 0 saturated carbocycles. The molecule has 1 aromatic heterocycles. The fourth-order valence-corrected chi connectivity index (χ4v) is 1.96. The third-order valence-electron chi connectivity index (χ3n) is 2.92. The smallest absolute Gasteiger partial charge is 0.274 e. The first-order chi connectivity index (χ1) is 9.10. The topological polar surface area (TPSA) is 59.2 Å². The maximum atomic E-state index is 12.5. The number of rotatable bonds is 7. The molecule has 0 atom stereocenters. The van der Waals surface area contributed by atoms with Crippen LogP contribution in [-0.4, -0.2) is 28.9 Å². The zero-order valence-electron chi connectivity index (χ0n) is 11.7. The van der Waals surface area contributed by atoms with Gasteiger partial charge in [-0.2, -0.15) is 0 Å². The van der Waals surface area contributed by atoms with Crippen LogP contribution in [0.1, 0.15) is 50.0 Å². The maximum absolute atomic E-state index is 12.5. The molecule has 4 nitrogen and oxygen atoms in total. The number of unbranched alkanes of at least 4 members (excludes halogenated alkanes) is 2. The SMILES string of the molecule is CCCCN(CCCC)C(=O)c1nc(N)ccc1Cl. The Bertz CT molecular complexity index is 415. The van der Waals surface area contributed by atoms with E-state index in [1.54, 1.807) is 12.1 Å². The summed E-state index contributed by atoms with van der Waals surface area (Å²) in [5, 5.41) is 0.359. The Kier molecular flexibility index (Phi) is 6.64. The highest BCUT2D eigenvalue weighted by Crippen LogP contribution is 2.18. The number of halogens is 1. The number of anilines is 1. The Morgan fingerprint density at radius 1 is 1.26 bits per heavy atom. The Morgan fingerprint density at radius 3 is 2.37 bits per heavy atom. The average molecular weight is 284 g/mol. The number of hydrogen-bond donors (Lipinski definition) is 1. The monoisotopic (exact) mass is 283 g/mol. The van der Waals surface area contributed by atoms with Crippen LogP contribution in [0.5, 0.6) is 0 Å². The fraction of sp³-hybridized carbons (Fsp3) is 0.571. The van der Waals surface area contributed by atoms with Crippen molar-refractivity contribution in [1.82, 2.24) is 9.88 Å². The second kappa shape index (κ2) is 8.00. The summed E-state index contributed by atoms with van der Waals surface area (Å²) >= 11 is 6.04. The summed E-state index contributed by atoms with van der Waals surface area (Å²) in [5.74, 6) is 0.192. The quantitative estimate of drug-likeness (QED) is 0.835. The molecule has 0 aliphatic heterocycles. The molecule has 0 saturated heterocycles. The van der Waals surface area contributed by atoms with E-state index in [4.69, 9.17) is 17.3 Å². The minimum atomic E-state index is -0.126. The summed E-state index contributed by atoms with van der Waals surface area (Å²) in [4.78, 5) is 18.3. The Labute approximate surface area is 120 Å².